The molecule has 0 N–H and O–H groups in total. The minimum atomic E-state index is -0.197. The van der Waals surface area contributed by atoms with E-state index >= 15 is 0 Å². The molecule has 2 aliphatic heterocycles. The van der Waals surface area contributed by atoms with Gasteiger partial charge >= 0.3 is 0 Å². The van der Waals surface area contributed by atoms with Crippen LogP contribution in [0.5, 0.6) is 0 Å². The molecule has 3 heterocycles. The van der Waals surface area contributed by atoms with Gasteiger partial charge in [-0.15, -0.1) is 0 Å². The second-order valence-electron chi connectivity index (χ2n) is 6.73. The van der Waals surface area contributed by atoms with Crippen molar-refractivity contribution in [2.45, 2.75) is 6.04 Å². The molecule has 2 aromatic rings. The molecule has 0 saturated carbocycles. The van der Waals surface area contributed by atoms with Gasteiger partial charge in [0.05, 0.1) is 0 Å². The van der Waals surface area contributed by atoms with Crippen molar-refractivity contribution in [3.63, 3.8) is 0 Å². The van der Waals surface area contributed by atoms with Gasteiger partial charge in [0.1, 0.15) is 5.82 Å². The zero-order valence-corrected chi connectivity index (χ0v) is 14.3. The monoisotopic (exact) mass is 343 g/mol. The van der Waals surface area contributed by atoms with Gasteiger partial charge in [0.15, 0.2) is 5.82 Å². The Hall–Kier alpha value is -2.41. The van der Waals surface area contributed by atoms with Crippen LogP contribution >= 0.6 is 0 Å². The van der Waals surface area contributed by atoms with E-state index in [1.54, 1.807) is 24.0 Å². The first-order valence-electron chi connectivity index (χ1n) is 8.63. The second kappa shape index (κ2) is 6.48. The number of piperazine rings is 1. The topological polar surface area (TPSA) is 44.6 Å². The lowest BCUT2D eigenvalue weighted by Gasteiger charge is -2.48. The fourth-order valence-electron chi connectivity index (χ4n) is 3.56. The van der Waals surface area contributed by atoms with Crippen molar-refractivity contribution in [2.24, 2.45) is 7.05 Å². The molecule has 2 aliphatic rings. The molecule has 1 aromatic carbocycles. The van der Waals surface area contributed by atoms with E-state index in [1.807, 2.05) is 12.1 Å². The van der Waals surface area contributed by atoms with E-state index in [2.05, 4.69) is 19.7 Å². The van der Waals surface area contributed by atoms with Crippen molar-refractivity contribution in [1.82, 2.24) is 14.5 Å². The molecular weight excluding hydrogens is 321 g/mol. The lowest BCUT2D eigenvalue weighted by atomic mass is 10.1. The molecule has 0 aliphatic carbocycles. The van der Waals surface area contributed by atoms with Crippen LogP contribution in [0.3, 0.4) is 0 Å². The predicted molar refractivity (Wildman–Crippen MR) is 95.7 cm³/mol. The van der Waals surface area contributed by atoms with Crippen molar-refractivity contribution in [3.8, 4) is 0 Å². The van der Waals surface area contributed by atoms with Crippen molar-refractivity contribution < 1.29 is 4.39 Å². The van der Waals surface area contributed by atoms with Crippen molar-refractivity contribution in [3.05, 3.63) is 52.8 Å². The number of halogens is 1. The Balaban J connectivity index is 1.32. The highest BCUT2D eigenvalue weighted by Gasteiger charge is 2.35. The standard InChI is InChI=1S/C18H22FN5O/c1-21-7-6-20-17(18(21)25)24-12-16(13-24)23-10-8-22(9-11-23)15-4-2-14(19)3-5-15/h2-7,16H,8-13H2,1H3. The Kier molecular flexibility index (Phi) is 4.17. The van der Waals surface area contributed by atoms with Crippen LogP contribution in [0.25, 0.3) is 0 Å². The van der Waals surface area contributed by atoms with E-state index in [1.165, 1.54) is 12.1 Å². The first-order valence-corrected chi connectivity index (χ1v) is 8.63. The van der Waals surface area contributed by atoms with Gasteiger partial charge in [-0.25, -0.2) is 9.37 Å². The van der Waals surface area contributed by atoms with Crippen molar-refractivity contribution in [1.29, 1.82) is 0 Å². The average molecular weight is 343 g/mol. The van der Waals surface area contributed by atoms with Crippen LogP contribution in [0.15, 0.2) is 41.5 Å². The minimum Gasteiger partial charge on any atom is -0.369 e. The maximum atomic E-state index is 13.0. The normalized spacial score (nSPS) is 19.1. The minimum absolute atomic E-state index is 0.0397. The maximum Gasteiger partial charge on any atom is 0.293 e. The number of rotatable bonds is 3. The Bertz CT molecular complexity index is 792. The van der Waals surface area contributed by atoms with E-state index in [4.69, 9.17) is 0 Å². The number of anilines is 2. The van der Waals surface area contributed by atoms with E-state index in [-0.39, 0.29) is 11.4 Å². The third-order valence-corrected chi connectivity index (χ3v) is 5.18. The summed E-state index contributed by atoms with van der Waals surface area (Å²) >= 11 is 0. The van der Waals surface area contributed by atoms with Gasteiger partial charge in [0.25, 0.3) is 5.56 Å². The highest BCUT2D eigenvalue weighted by atomic mass is 19.1. The van der Waals surface area contributed by atoms with Gasteiger partial charge in [0, 0.05) is 70.4 Å². The summed E-state index contributed by atoms with van der Waals surface area (Å²) in [6, 6.07) is 7.18. The smallest absolute Gasteiger partial charge is 0.293 e. The molecule has 0 amide bonds. The predicted octanol–water partition coefficient (Wildman–Crippen LogP) is 0.930. The number of hydrogen-bond acceptors (Lipinski definition) is 5. The fraction of sp³-hybridized carbons (Fsp3) is 0.444. The summed E-state index contributed by atoms with van der Waals surface area (Å²) in [7, 11) is 1.75. The van der Waals surface area contributed by atoms with Gasteiger partial charge in [-0.05, 0) is 24.3 Å². The summed E-state index contributed by atoms with van der Waals surface area (Å²) in [6.07, 6.45) is 3.35. The molecule has 4 rings (SSSR count). The van der Waals surface area contributed by atoms with Gasteiger partial charge in [-0.2, -0.15) is 0 Å². The zero-order valence-electron chi connectivity index (χ0n) is 14.3. The largest absolute Gasteiger partial charge is 0.369 e. The quantitative estimate of drug-likeness (QED) is 0.830. The SMILES string of the molecule is Cn1ccnc(N2CC(N3CCN(c4ccc(F)cc4)CC3)C2)c1=O. The molecule has 0 radical (unpaired) electrons. The summed E-state index contributed by atoms with van der Waals surface area (Å²) in [5, 5.41) is 0. The van der Waals surface area contributed by atoms with Gasteiger partial charge in [0.2, 0.25) is 0 Å². The molecule has 7 heteroatoms. The Morgan fingerprint density at radius 1 is 1.04 bits per heavy atom. The summed E-state index contributed by atoms with van der Waals surface area (Å²) in [6.45, 7) is 5.54. The molecule has 0 atom stereocenters. The molecule has 0 spiro atoms. The summed E-state index contributed by atoms with van der Waals surface area (Å²) in [5.41, 5.74) is 1.04. The molecular formula is C18H22FN5O. The highest BCUT2D eigenvalue weighted by molar-refractivity contribution is 5.47. The zero-order chi connectivity index (χ0) is 17.4. The first-order chi connectivity index (χ1) is 12.1. The van der Waals surface area contributed by atoms with Gasteiger partial charge in [-0.1, -0.05) is 0 Å². The number of nitrogens with zero attached hydrogens (tertiary/aromatic N) is 5. The highest BCUT2D eigenvalue weighted by Crippen LogP contribution is 2.22. The maximum absolute atomic E-state index is 13.0. The number of aryl methyl sites for hydroxylation is 1. The summed E-state index contributed by atoms with van der Waals surface area (Å²) in [5.74, 6) is 0.351. The molecule has 0 unspecified atom stereocenters. The van der Waals surface area contributed by atoms with E-state index in [0.717, 1.165) is 45.0 Å². The molecule has 2 fully saturated rings. The first kappa shape index (κ1) is 16.1. The summed E-state index contributed by atoms with van der Waals surface area (Å²) < 4.78 is 14.6. The molecule has 2 saturated heterocycles. The van der Waals surface area contributed by atoms with Gasteiger partial charge in [-0.3, -0.25) is 9.69 Å². The molecule has 0 bridgehead atoms. The van der Waals surface area contributed by atoms with Gasteiger partial charge < -0.3 is 14.4 Å². The third kappa shape index (κ3) is 3.11. The average Bonchev–Trinajstić information content (AvgIpc) is 2.59. The van der Waals surface area contributed by atoms with E-state index < -0.39 is 0 Å². The van der Waals surface area contributed by atoms with Crippen LogP contribution in [0.2, 0.25) is 0 Å². The van der Waals surface area contributed by atoms with Crippen LogP contribution < -0.4 is 15.4 Å². The fourth-order valence-corrected chi connectivity index (χ4v) is 3.56. The summed E-state index contributed by atoms with van der Waals surface area (Å²) in [4.78, 5) is 23.2. The van der Waals surface area contributed by atoms with Crippen molar-refractivity contribution >= 4 is 11.5 Å². The number of aromatic nitrogens is 2. The molecule has 1 aromatic heterocycles. The van der Waals surface area contributed by atoms with Crippen LogP contribution in [-0.2, 0) is 7.05 Å². The number of benzene rings is 1. The molecule has 6 nitrogen and oxygen atoms in total. The lowest BCUT2D eigenvalue weighted by Crippen LogP contribution is -2.64. The molecule has 132 valence electrons. The van der Waals surface area contributed by atoms with Crippen LogP contribution in [0.4, 0.5) is 15.9 Å². The Labute approximate surface area is 146 Å². The second-order valence-corrected chi connectivity index (χ2v) is 6.73. The van der Waals surface area contributed by atoms with E-state index in [0.29, 0.717) is 11.9 Å². The van der Waals surface area contributed by atoms with Crippen LogP contribution in [-0.4, -0.2) is 59.8 Å². The third-order valence-electron chi connectivity index (χ3n) is 5.18. The lowest BCUT2D eigenvalue weighted by molar-refractivity contribution is 0.156. The Morgan fingerprint density at radius 2 is 1.72 bits per heavy atom. The Morgan fingerprint density at radius 3 is 2.40 bits per heavy atom. The van der Waals surface area contributed by atoms with Crippen molar-refractivity contribution in [2.75, 3.05) is 49.1 Å². The van der Waals surface area contributed by atoms with Crippen LogP contribution in [0.1, 0.15) is 0 Å². The van der Waals surface area contributed by atoms with E-state index in [9.17, 15) is 9.18 Å². The molecule has 25 heavy (non-hydrogen) atoms. The van der Waals surface area contributed by atoms with Crippen LogP contribution in [0, 0.1) is 5.82 Å². The number of hydrogen-bond donors (Lipinski definition) is 0.